The molecule has 1 atom stereocenters. The van der Waals surface area contributed by atoms with Gasteiger partial charge in [0, 0.05) is 24.9 Å². The van der Waals surface area contributed by atoms with E-state index in [0.717, 1.165) is 18.6 Å². The summed E-state index contributed by atoms with van der Waals surface area (Å²) in [5.74, 6) is 1.12. The standard InChI is InChI=1S/C10H14ClN3O/c1-8-4-12-9(13-5-8)14-10(6-11)2-3-15-7-10/h4-5H,2-3,6-7H2,1H3,(H,12,13,14). The van der Waals surface area contributed by atoms with Crippen LogP contribution in [0, 0.1) is 6.92 Å². The van der Waals surface area contributed by atoms with Crippen molar-refractivity contribution in [3.8, 4) is 0 Å². The first-order valence-corrected chi connectivity index (χ1v) is 5.48. The smallest absolute Gasteiger partial charge is 0.223 e. The van der Waals surface area contributed by atoms with Crippen molar-refractivity contribution in [2.45, 2.75) is 18.9 Å². The van der Waals surface area contributed by atoms with Crippen LogP contribution in [0.15, 0.2) is 12.4 Å². The lowest BCUT2D eigenvalue weighted by atomic mass is 10.0. The van der Waals surface area contributed by atoms with Gasteiger partial charge in [-0.25, -0.2) is 9.97 Å². The number of aryl methyl sites for hydroxylation is 1. The summed E-state index contributed by atoms with van der Waals surface area (Å²) in [6, 6.07) is 0. The molecule has 0 saturated carbocycles. The first-order valence-electron chi connectivity index (χ1n) is 4.95. The third-order valence-electron chi connectivity index (χ3n) is 2.52. The summed E-state index contributed by atoms with van der Waals surface area (Å²) < 4.78 is 5.34. The van der Waals surface area contributed by atoms with Gasteiger partial charge in [-0.2, -0.15) is 0 Å². The van der Waals surface area contributed by atoms with E-state index < -0.39 is 0 Å². The van der Waals surface area contributed by atoms with Crippen LogP contribution in [-0.2, 0) is 4.74 Å². The Labute approximate surface area is 94.0 Å². The Morgan fingerprint density at radius 1 is 1.53 bits per heavy atom. The first kappa shape index (κ1) is 10.6. The largest absolute Gasteiger partial charge is 0.379 e. The molecule has 1 fully saturated rings. The molecule has 0 spiro atoms. The highest BCUT2D eigenvalue weighted by molar-refractivity contribution is 6.18. The molecule has 0 aromatic carbocycles. The van der Waals surface area contributed by atoms with Gasteiger partial charge < -0.3 is 10.1 Å². The van der Waals surface area contributed by atoms with E-state index in [0.29, 0.717) is 18.4 Å². The number of rotatable bonds is 3. The molecule has 1 aliphatic heterocycles. The summed E-state index contributed by atoms with van der Waals surface area (Å²) in [5, 5.41) is 3.25. The van der Waals surface area contributed by atoms with Gasteiger partial charge in [0.2, 0.25) is 5.95 Å². The second-order valence-electron chi connectivity index (χ2n) is 3.93. The summed E-state index contributed by atoms with van der Waals surface area (Å²) in [6.07, 6.45) is 4.47. The highest BCUT2D eigenvalue weighted by Crippen LogP contribution is 2.23. The van der Waals surface area contributed by atoms with Crippen molar-refractivity contribution in [3.05, 3.63) is 18.0 Å². The van der Waals surface area contributed by atoms with Crippen molar-refractivity contribution in [3.63, 3.8) is 0 Å². The molecule has 0 aliphatic carbocycles. The predicted octanol–water partition coefficient (Wildman–Crippen LogP) is 1.59. The van der Waals surface area contributed by atoms with E-state index in [2.05, 4.69) is 15.3 Å². The molecule has 5 heteroatoms. The molecular weight excluding hydrogens is 214 g/mol. The molecule has 0 radical (unpaired) electrons. The lowest BCUT2D eigenvalue weighted by Gasteiger charge is -2.25. The number of aromatic nitrogens is 2. The van der Waals surface area contributed by atoms with Crippen LogP contribution in [0.1, 0.15) is 12.0 Å². The summed E-state index contributed by atoms with van der Waals surface area (Å²) >= 11 is 5.95. The van der Waals surface area contributed by atoms with Crippen LogP contribution in [0.4, 0.5) is 5.95 Å². The normalized spacial score (nSPS) is 25.5. The summed E-state index contributed by atoms with van der Waals surface area (Å²) in [6.45, 7) is 3.32. The van der Waals surface area contributed by atoms with Crippen molar-refractivity contribution in [1.29, 1.82) is 0 Å². The van der Waals surface area contributed by atoms with Crippen LogP contribution in [-0.4, -0.2) is 34.6 Å². The van der Waals surface area contributed by atoms with Gasteiger partial charge in [0.05, 0.1) is 12.1 Å². The lowest BCUT2D eigenvalue weighted by molar-refractivity contribution is 0.185. The maximum Gasteiger partial charge on any atom is 0.223 e. The minimum atomic E-state index is -0.198. The van der Waals surface area contributed by atoms with Crippen LogP contribution in [0.5, 0.6) is 0 Å². The SMILES string of the molecule is Cc1cnc(NC2(CCl)CCOC2)nc1. The Morgan fingerprint density at radius 2 is 2.27 bits per heavy atom. The quantitative estimate of drug-likeness (QED) is 0.797. The van der Waals surface area contributed by atoms with Crippen LogP contribution in [0.3, 0.4) is 0 Å². The first-order chi connectivity index (χ1) is 7.24. The fourth-order valence-electron chi connectivity index (χ4n) is 1.54. The molecule has 15 heavy (non-hydrogen) atoms. The molecule has 2 rings (SSSR count). The Kier molecular flexibility index (Phi) is 3.07. The molecule has 1 saturated heterocycles. The van der Waals surface area contributed by atoms with Crippen LogP contribution < -0.4 is 5.32 Å². The molecule has 1 N–H and O–H groups in total. The van der Waals surface area contributed by atoms with Crippen LogP contribution >= 0.6 is 11.6 Å². The monoisotopic (exact) mass is 227 g/mol. The number of ether oxygens (including phenoxy) is 1. The van der Waals surface area contributed by atoms with Crippen molar-refractivity contribution < 1.29 is 4.74 Å². The number of hydrogen-bond acceptors (Lipinski definition) is 4. The number of anilines is 1. The van der Waals surface area contributed by atoms with Crippen molar-refractivity contribution >= 4 is 17.5 Å². The highest BCUT2D eigenvalue weighted by Gasteiger charge is 2.34. The average molecular weight is 228 g/mol. The van der Waals surface area contributed by atoms with E-state index in [4.69, 9.17) is 16.3 Å². The number of nitrogens with zero attached hydrogens (tertiary/aromatic N) is 2. The van der Waals surface area contributed by atoms with Crippen LogP contribution in [0.2, 0.25) is 0 Å². The zero-order valence-electron chi connectivity index (χ0n) is 8.66. The molecule has 2 heterocycles. The molecule has 1 aromatic rings. The topological polar surface area (TPSA) is 47.0 Å². The molecule has 0 bridgehead atoms. The molecule has 4 nitrogen and oxygen atoms in total. The van der Waals surface area contributed by atoms with Gasteiger partial charge in [-0.3, -0.25) is 0 Å². The Bertz CT molecular complexity index is 322. The van der Waals surface area contributed by atoms with Gasteiger partial charge in [0.1, 0.15) is 0 Å². The van der Waals surface area contributed by atoms with Gasteiger partial charge in [-0.1, -0.05) is 0 Å². The van der Waals surface area contributed by atoms with E-state index in [9.17, 15) is 0 Å². The Balaban J connectivity index is 2.09. The third-order valence-corrected chi connectivity index (χ3v) is 3.03. The zero-order valence-corrected chi connectivity index (χ0v) is 9.42. The number of alkyl halides is 1. The highest BCUT2D eigenvalue weighted by atomic mass is 35.5. The molecule has 0 amide bonds. The second kappa shape index (κ2) is 4.33. The van der Waals surface area contributed by atoms with Crippen molar-refractivity contribution in [2.24, 2.45) is 0 Å². The third kappa shape index (κ3) is 2.38. The number of hydrogen-bond donors (Lipinski definition) is 1. The minimum absolute atomic E-state index is 0.198. The molecule has 82 valence electrons. The van der Waals surface area contributed by atoms with E-state index in [-0.39, 0.29) is 5.54 Å². The van der Waals surface area contributed by atoms with Gasteiger partial charge in [-0.15, -0.1) is 11.6 Å². The van der Waals surface area contributed by atoms with E-state index in [1.807, 2.05) is 6.92 Å². The molecule has 1 aliphatic rings. The average Bonchev–Trinajstić information content (AvgIpc) is 2.71. The van der Waals surface area contributed by atoms with Gasteiger partial charge >= 0.3 is 0 Å². The van der Waals surface area contributed by atoms with Crippen molar-refractivity contribution in [1.82, 2.24) is 9.97 Å². The van der Waals surface area contributed by atoms with E-state index in [1.165, 1.54) is 0 Å². The van der Waals surface area contributed by atoms with Crippen molar-refractivity contribution in [2.75, 3.05) is 24.4 Å². The summed E-state index contributed by atoms with van der Waals surface area (Å²) in [5.41, 5.74) is 0.847. The van der Waals surface area contributed by atoms with E-state index >= 15 is 0 Å². The van der Waals surface area contributed by atoms with Gasteiger partial charge in [-0.05, 0) is 18.9 Å². The maximum atomic E-state index is 5.95. The minimum Gasteiger partial charge on any atom is -0.379 e. The van der Waals surface area contributed by atoms with E-state index in [1.54, 1.807) is 12.4 Å². The molecular formula is C10H14ClN3O. The number of nitrogens with one attached hydrogen (secondary N) is 1. The maximum absolute atomic E-state index is 5.95. The van der Waals surface area contributed by atoms with Crippen LogP contribution in [0.25, 0.3) is 0 Å². The Morgan fingerprint density at radius 3 is 2.80 bits per heavy atom. The summed E-state index contributed by atoms with van der Waals surface area (Å²) in [4.78, 5) is 8.40. The second-order valence-corrected chi connectivity index (χ2v) is 4.19. The number of halogens is 1. The molecule has 1 unspecified atom stereocenters. The fourth-order valence-corrected chi connectivity index (χ4v) is 1.82. The summed E-state index contributed by atoms with van der Waals surface area (Å²) in [7, 11) is 0. The predicted molar refractivity (Wildman–Crippen MR) is 59.3 cm³/mol. The van der Waals surface area contributed by atoms with Gasteiger partial charge in [0.15, 0.2) is 0 Å². The lowest BCUT2D eigenvalue weighted by Crippen LogP contribution is -2.41. The Hall–Kier alpha value is -0.870. The molecule has 1 aromatic heterocycles. The zero-order chi connectivity index (χ0) is 10.7. The van der Waals surface area contributed by atoms with Gasteiger partial charge in [0.25, 0.3) is 0 Å². The fraction of sp³-hybridized carbons (Fsp3) is 0.600.